The third-order valence-electron chi connectivity index (χ3n) is 2.47. The Bertz CT molecular complexity index is 473. The van der Waals surface area contributed by atoms with Crippen LogP contribution in [0.25, 0.3) is 0 Å². The van der Waals surface area contributed by atoms with Gasteiger partial charge in [-0.1, -0.05) is 35.5 Å². The van der Waals surface area contributed by atoms with Gasteiger partial charge in [0.15, 0.2) is 5.82 Å². The monoisotopic (exact) mass is 266 g/mol. The fourth-order valence-corrected chi connectivity index (χ4v) is 1.78. The highest BCUT2D eigenvalue weighted by Crippen LogP contribution is 2.26. The summed E-state index contributed by atoms with van der Waals surface area (Å²) in [5.41, 5.74) is 0.944. The van der Waals surface area contributed by atoms with Crippen molar-refractivity contribution in [3.05, 3.63) is 47.6 Å². The SMILES string of the molecule is CCOCCc1noc(C(Cl)c2ccccc2)n1. The van der Waals surface area contributed by atoms with Gasteiger partial charge in [0.1, 0.15) is 5.38 Å². The maximum Gasteiger partial charge on any atom is 0.249 e. The van der Waals surface area contributed by atoms with Crippen LogP contribution in [0, 0.1) is 0 Å². The van der Waals surface area contributed by atoms with E-state index in [1.807, 2.05) is 37.3 Å². The van der Waals surface area contributed by atoms with E-state index in [0.29, 0.717) is 31.3 Å². The molecule has 1 atom stereocenters. The van der Waals surface area contributed by atoms with Crippen molar-refractivity contribution in [2.24, 2.45) is 0 Å². The van der Waals surface area contributed by atoms with Gasteiger partial charge in [0.2, 0.25) is 5.89 Å². The number of aromatic nitrogens is 2. The Kier molecular flexibility index (Phi) is 4.73. The van der Waals surface area contributed by atoms with Crippen LogP contribution in [0.4, 0.5) is 0 Å². The fourth-order valence-electron chi connectivity index (χ4n) is 1.54. The molecule has 2 aromatic rings. The summed E-state index contributed by atoms with van der Waals surface area (Å²) >= 11 is 6.28. The third-order valence-corrected chi connectivity index (χ3v) is 2.91. The van der Waals surface area contributed by atoms with E-state index >= 15 is 0 Å². The van der Waals surface area contributed by atoms with Gasteiger partial charge in [-0.2, -0.15) is 4.98 Å². The van der Waals surface area contributed by atoms with Crippen LogP contribution in [-0.4, -0.2) is 23.4 Å². The predicted molar refractivity (Wildman–Crippen MR) is 68.6 cm³/mol. The molecule has 1 heterocycles. The maximum atomic E-state index is 6.28. The second kappa shape index (κ2) is 6.52. The Balaban J connectivity index is 2.01. The number of halogens is 1. The van der Waals surface area contributed by atoms with E-state index in [1.54, 1.807) is 0 Å². The van der Waals surface area contributed by atoms with Crippen LogP contribution in [0.15, 0.2) is 34.9 Å². The van der Waals surface area contributed by atoms with E-state index in [1.165, 1.54) is 0 Å². The lowest BCUT2D eigenvalue weighted by Crippen LogP contribution is -2.00. The summed E-state index contributed by atoms with van der Waals surface area (Å²) in [7, 11) is 0. The first-order valence-corrected chi connectivity index (χ1v) is 6.34. The van der Waals surface area contributed by atoms with Gasteiger partial charge in [-0.3, -0.25) is 0 Å². The minimum atomic E-state index is -0.403. The van der Waals surface area contributed by atoms with E-state index in [2.05, 4.69) is 10.1 Å². The predicted octanol–water partition coefficient (Wildman–Crippen LogP) is 2.98. The lowest BCUT2D eigenvalue weighted by atomic mass is 10.1. The second-order valence-electron chi connectivity index (χ2n) is 3.77. The van der Waals surface area contributed by atoms with Gasteiger partial charge in [0, 0.05) is 13.0 Å². The van der Waals surface area contributed by atoms with Crippen molar-refractivity contribution < 1.29 is 9.26 Å². The largest absolute Gasteiger partial charge is 0.381 e. The van der Waals surface area contributed by atoms with Crippen LogP contribution in [0.3, 0.4) is 0 Å². The number of nitrogens with zero attached hydrogens (tertiary/aromatic N) is 2. The molecule has 0 bridgehead atoms. The molecule has 1 unspecified atom stereocenters. The smallest absolute Gasteiger partial charge is 0.249 e. The quantitative estimate of drug-likeness (QED) is 0.596. The van der Waals surface area contributed by atoms with E-state index in [-0.39, 0.29) is 0 Å². The molecule has 1 aromatic heterocycles. The van der Waals surface area contributed by atoms with Gasteiger partial charge in [-0.25, -0.2) is 0 Å². The molecule has 0 aliphatic carbocycles. The summed E-state index contributed by atoms with van der Waals surface area (Å²) in [6.07, 6.45) is 0.635. The fraction of sp³-hybridized carbons (Fsp3) is 0.385. The molecule has 96 valence electrons. The van der Waals surface area contributed by atoms with Crippen LogP contribution in [0.5, 0.6) is 0 Å². The number of ether oxygens (including phenoxy) is 1. The summed E-state index contributed by atoms with van der Waals surface area (Å²) < 4.78 is 10.4. The Morgan fingerprint density at radius 3 is 2.83 bits per heavy atom. The van der Waals surface area contributed by atoms with Crippen LogP contribution in [0.1, 0.15) is 29.6 Å². The standard InChI is InChI=1S/C13H15ClN2O2/c1-2-17-9-8-11-15-13(18-16-11)12(14)10-6-4-3-5-7-10/h3-7,12H,2,8-9H2,1H3. The van der Waals surface area contributed by atoms with Gasteiger partial charge in [-0.15, -0.1) is 11.6 Å². The molecule has 5 heteroatoms. The van der Waals surface area contributed by atoms with E-state index in [4.69, 9.17) is 20.9 Å². The molecule has 0 saturated heterocycles. The first kappa shape index (κ1) is 13.1. The lowest BCUT2D eigenvalue weighted by Gasteiger charge is -2.03. The third kappa shape index (κ3) is 3.31. The number of hydrogen-bond acceptors (Lipinski definition) is 4. The lowest BCUT2D eigenvalue weighted by molar-refractivity contribution is 0.149. The molecule has 2 rings (SSSR count). The van der Waals surface area contributed by atoms with Crippen molar-refractivity contribution in [1.82, 2.24) is 10.1 Å². The average molecular weight is 267 g/mol. The van der Waals surface area contributed by atoms with Crippen molar-refractivity contribution in [3.8, 4) is 0 Å². The highest BCUT2D eigenvalue weighted by Gasteiger charge is 2.17. The number of rotatable bonds is 6. The molecule has 0 aliphatic heterocycles. The van der Waals surface area contributed by atoms with Crippen LogP contribution < -0.4 is 0 Å². The first-order valence-electron chi connectivity index (χ1n) is 5.90. The Morgan fingerprint density at radius 2 is 2.11 bits per heavy atom. The maximum absolute atomic E-state index is 6.28. The summed E-state index contributed by atoms with van der Waals surface area (Å²) in [5, 5.41) is 3.48. The van der Waals surface area contributed by atoms with E-state index in [9.17, 15) is 0 Å². The minimum Gasteiger partial charge on any atom is -0.381 e. The molecule has 0 amide bonds. The Hall–Kier alpha value is -1.39. The highest BCUT2D eigenvalue weighted by atomic mass is 35.5. The molecule has 4 nitrogen and oxygen atoms in total. The van der Waals surface area contributed by atoms with Gasteiger partial charge >= 0.3 is 0 Å². The molecule has 0 spiro atoms. The number of alkyl halides is 1. The van der Waals surface area contributed by atoms with Gasteiger partial charge < -0.3 is 9.26 Å². The van der Waals surface area contributed by atoms with Gasteiger partial charge in [0.05, 0.1) is 6.61 Å². The topological polar surface area (TPSA) is 48.2 Å². The number of hydrogen-bond donors (Lipinski definition) is 0. The second-order valence-corrected chi connectivity index (χ2v) is 4.21. The summed E-state index contributed by atoms with van der Waals surface area (Å²) in [5.74, 6) is 1.05. The molecular formula is C13H15ClN2O2. The first-order chi connectivity index (χ1) is 8.81. The molecule has 0 saturated carbocycles. The van der Waals surface area contributed by atoms with E-state index in [0.717, 1.165) is 5.56 Å². The summed E-state index contributed by atoms with van der Waals surface area (Å²) in [4.78, 5) is 4.27. The highest BCUT2D eigenvalue weighted by molar-refractivity contribution is 6.22. The number of benzene rings is 1. The Labute approximate surface area is 111 Å². The normalized spacial score (nSPS) is 12.6. The molecule has 0 N–H and O–H groups in total. The van der Waals surface area contributed by atoms with Crippen molar-refractivity contribution in [1.29, 1.82) is 0 Å². The zero-order valence-electron chi connectivity index (χ0n) is 10.2. The van der Waals surface area contributed by atoms with Crippen LogP contribution >= 0.6 is 11.6 Å². The zero-order chi connectivity index (χ0) is 12.8. The molecule has 0 aliphatic rings. The van der Waals surface area contributed by atoms with Crippen molar-refractivity contribution in [2.75, 3.05) is 13.2 Å². The van der Waals surface area contributed by atoms with E-state index < -0.39 is 5.38 Å². The van der Waals surface area contributed by atoms with Gasteiger partial charge in [-0.05, 0) is 12.5 Å². The van der Waals surface area contributed by atoms with Crippen molar-refractivity contribution >= 4 is 11.6 Å². The van der Waals surface area contributed by atoms with Crippen LogP contribution in [-0.2, 0) is 11.2 Å². The van der Waals surface area contributed by atoms with Crippen molar-refractivity contribution in [3.63, 3.8) is 0 Å². The minimum absolute atomic E-state index is 0.403. The van der Waals surface area contributed by atoms with Gasteiger partial charge in [0.25, 0.3) is 0 Å². The molecule has 0 radical (unpaired) electrons. The van der Waals surface area contributed by atoms with Crippen LogP contribution in [0.2, 0.25) is 0 Å². The summed E-state index contributed by atoms with van der Waals surface area (Å²) in [6.45, 7) is 3.23. The Morgan fingerprint density at radius 1 is 1.33 bits per heavy atom. The average Bonchev–Trinajstić information content (AvgIpc) is 2.88. The molecule has 18 heavy (non-hydrogen) atoms. The summed E-state index contributed by atoms with van der Waals surface area (Å²) in [6, 6.07) is 9.66. The molecule has 0 fully saturated rings. The van der Waals surface area contributed by atoms with Crippen molar-refractivity contribution in [2.45, 2.75) is 18.7 Å². The molecule has 1 aromatic carbocycles. The zero-order valence-corrected chi connectivity index (χ0v) is 10.9. The molecular weight excluding hydrogens is 252 g/mol.